The molecule has 0 fully saturated rings. The van der Waals surface area contributed by atoms with Gasteiger partial charge >= 0.3 is 0 Å². The number of carbonyl (C=O) groups excluding carboxylic acids is 1. The second-order valence-electron chi connectivity index (χ2n) is 4.05. The third-order valence-corrected chi connectivity index (χ3v) is 2.42. The highest BCUT2D eigenvalue weighted by molar-refractivity contribution is 5.76. The Hall–Kier alpha value is -1.55. The summed E-state index contributed by atoms with van der Waals surface area (Å²) in [5.41, 5.74) is 5.96. The number of rotatable bonds is 9. The number of nitrogens with two attached hydrogens (primary N) is 1. The van der Waals surface area contributed by atoms with Gasteiger partial charge in [-0.15, -0.1) is 0 Å². The van der Waals surface area contributed by atoms with E-state index in [1.54, 1.807) is 18.2 Å². The first-order chi connectivity index (χ1) is 8.80. The molecule has 0 radical (unpaired) electrons. The SMILES string of the molecule is CCCCOc1cc(C=O)cc(OCCCN)c1. The fourth-order valence-electron chi connectivity index (χ4n) is 1.44. The predicted molar refractivity (Wildman–Crippen MR) is 71.4 cm³/mol. The quantitative estimate of drug-likeness (QED) is 0.541. The summed E-state index contributed by atoms with van der Waals surface area (Å²) in [6.45, 7) is 3.90. The van der Waals surface area contributed by atoms with Crippen molar-refractivity contribution >= 4 is 6.29 Å². The van der Waals surface area contributed by atoms with Gasteiger partial charge in [0.15, 0.2) is 0 Å². The van der Waals surface area contributed by atoms with Gasteiger partial charge in [-0.25, -0.2) is 0 Å². The molecule has 4 nitrogen and oxygen atoms in total. The minimum absolute atomic E-state index is 0.549. The number of carbonyl (C=O) groups is 1. The van der Waals surface area contributed by atoms with Crippen molar-refractivity contribution in [3.8, 4) is 11.5 Å². The van der Waals surface area contributed by atoms with Crippen LogP contribution in [0.25, 0.3) is 0 Å². The number of benzene rings is 1. The summed E-state index contributed by atoms with van der Waals surface area (Å²) in [7, 11) is 0. The van der Waals surface area contributed by atoms with Crippen molar-refractivity contribution in [3.63, 3.8) is 0 Å². The van der Waals surface area contributed by atoms with Crippen LogP contribution < -0.4 is 15.2 Å². The molecular weight excluding hydrogens is 230 g/mol. The summed E-state index contributed by atoms with van der Waals surface area (Å²) in [6, 6.07) is 5.23. The normalized spacial score (nSPS) is 10.1. The summed E-state index contributed by atoms with van der Waals surface area (Å²) in [5.74, 6) is 1.33. The van der Waals surface area contributed by atoms with Crippen molar-refractivity contribution in [1.82, 2.24) is 0 Å². The van der Waals surface area contributed by atoms with Gasteiger partial charge in [0.2, 0.25) is 0 Å². The molecule has 1 aromatic rings. The van der Waals surface area contributed by atoms with Crippen LogP contribution in [0.5, 0.6) is 11.5 Å². The summed E-state index contributed by atoms with van der Waals surface area (Å²) in [4.78, 5) is 10.8. The van der Waals surface area contributed by atoms with Crippen LogP contribution in [0.3, 0.4) is 0 Å². The van der Waals surface area contributed by atoms with Crippen LogP contribution in [0.4, 0.5) is 0 Å². The molecule has 0 atom stereocenters. The molecule has 0 heterocycles. The lowest BCUT2D eigenvalue weighted by Crippen LogP contribution is -2.06. The van der Waals surface area contributed by atoms with Crippen molar-refractivity contribution in [3.05, 3.63) is 23.8 Å². The number of hydrogen-bond acceptors (Lipinski definition) is 4. The highest BCUT2D eigenvalue weighted by Crippen LogP contribution is 2.22. The van der Waals surface area contributed by atoms with Crippen LogP contribution in [0.15, 0.2) is 18.2 Å². The molecule has 4 heteroatoms. The lowest BCUT2D eigenvalue weighted by molar-refractivity contribution is 0.112. The summed E-state index contributed by atoms with van der Waals surface area (Å²) in [5, 5.41) is 0. The zero-order valence-corrected chi connectivity index (χ0v) is 10.9. The third-order valence-electron chi connectivity index (χ3n) is 2.42. The first-order valence-corrected chi connectivity index (χ1v) is 6.36. The van der Waals surface area contributed by atoms with Gasteiger partial charge in [0.05, 0.1) is 13.2 Å². The molecule has 0 aliphatic carbocycles. The molecule has 0 saturated heterocycles. The molecule has 18 heavy (non-hydrogen) atoms. The standard InChI is InChI=1S/C14H21NO3/c1-2-3-6-17-13-8-12(11-16)9-14(10-13)18-7-4-5-15/h8-11H,2-7,15H2,1H3. The molecule has 0 unspecified atom stereocenters. The fourth-order valence-corrected chi connectivity index (χ4v) is 1.44. The Bertz CT molecular complexity index is 338. The van der Waals surface area contributed by atoms with Gasteiger partial charge in [-0.2, -0.15) is 0 Å². The van der Waals surface area contributed by atoms with Crippen LogP contribution >= 0.6 is 0 Å². The van der Waals surface area contributed by atoms with Gasteiger partial charge in [-0.3, -0.25) is 4.79 Å². The van der Waals surface area contributed by atoms with Crippen molar-refractivity contribution in [2.24, 2.45) is 5.73 Å². The van der Waals surface area contributed by atoms with Gasteiger partial charge in [0.1, 0.15) is 17.8 Å². The Labute approximate surface area is 108 Å². The van der Waals surface area contributed by atoms with E-state index in [0.29, 0.717) is 36.8 Å². The molecule has 0 aromatic heterocycles. The predicted octanol–water partition coefficient (Wildman–Crippen LogP) is 2.41. The molecule has 0 amide bonds. The van der Waals surface area contributed by atoms with E-state index in [-0.39, 0.29) is 0 Å². The Morgan fingerprint density at radius 2 is 1.72 bits per heavy atom. The molecule has 0 bridgehead atoms. The fraction of sp³-hybridized carbons (Fsp3) is 0.500. The monoisotopic (exact) mass is 251 g/mol. The minimum Gasteiger partial charge on any atom is -0.493 e. The number of ether oxygens (including phenoxy) is 2. The average Bonchev–Trinajstić information content (AvgIpc) is 2.39. The Balaban J connectivity index is 2.64. The third kappa shape index (κ3) is 5.19. The van der Waals surface area contributed by atoms with Gasteiger partial charge in [-0.05, 0) is 31.5 Å². The topological polar surface area (TPSA) is 61.5 Å². The number of unbranched alkanes of at least 4 members (excludes halogenated alkanes) is 1. The Kier molecular flexibility index (Phi) is 6.87. The van der Waals surface area contributed by atoms with E-state index >= 15 is 0 Å². The molecule has 2 N–H and O–H groups in total. The highest BCUT2D eigenvalue weighted by atomic mass is 16.5. The van der Waals surface area contributed by atoms with Gasteiger partial charge in [0.25, 0.3) is 0 Å². The van der Waals surface area contributed by atoms with E-state index in [2.05, 4.69) is 6.92 Å². The molecule has 0 spiro atoms. The van der Waals surface area contributed by atoms with E-state index in [9.17, 15) is 4.79 Å². The molecule has 100 valence electrons. The summed E-state index contributed by atoms with van der Waals surface area (Å²) < 4.78 is 11.1. The average molecular weight is 251 g/mol. The zero-order chi connectivity index (χ0) is 13.2. The second-order valence-corrected chi connectivity index (χ2v) is 4.05. The Morgan fingerprint density at radius 1 is 1.11 bits per heavy atom. The van der Waals surface area contributed by atoms with Gasteiger partial charge in [0, 0.05) is 11.6 Å². The molecule has 0 saturated carbocycles. The van der Waals surface area contributed by atoms with Gasteiger partial charge < -0.3 is 15.2 Å². The second kappa shape index (κ2) is 8.53. The van der Waals surface area contributed by atoms with Crippen LogP contribution in [-0.2, 0) is 0 Å². The lowest BCUT2D eigenvalue weighted by atomic mass is 10.2. The van der Waals surface area contributed by atoms with Crippen molar-refractivity contribution in [2.75, 3.05) is 19.8 Å². The van der Waals surface area contributed by atoms with E-state index in [1.807, 2.05) is 0 Å². The highest BCUT2D eigenvalue weighted by Gasteiger charge is 2.03. The molecule has 0 aliphatic heterocycles. The van der Waals surface area contributed by atoms with Crippen molar-refractivity contribution in [1.29, 1.82) is 0 Å². The molecule has 1 rings (SSSR count). The van der Waals surface area contributed by atoms with Crippen LogP contribution in [0.1, 0.15) is 36.5 Å². The number of aldehydes is 1. The van der Waals surface area contributed by atoms with E-state index < -0.39 is 0 Å². The minimum atomic E-state index is 0.549. The Morgan fingerprint density at radius 3 is 2.22 bits per heavy atom. The molecular formula is C14H21NO3. The largest absolute Gasteiger partial charge is 0.493 e. The zero-order valence-electron chi connectivity index (χ0n) is 10.9. The van der Waals surface area contributed by atoms with Crippen LogP contribution in [-0.4, -0.2) is 26.0 Å². The van der Waals surface area contributed by atoms with E-state index in [0.717, 1.165) is 25.5 Å². The van der Waals surface area contributed by atoms with Crippen molar-refractivity contribution in [2.45, 2.75) is 26.2 Å². The summed E-state index contributed by atoms with van der Waals surface area (Å²) >= 11 is 0. The first-order valence-electron chi connectivity index (χ1n) is 6.36. The van der Waals surface area contributed by atoms with Crippen LogP contribution in [0, 0.1) is 0 Å². The van der Waals surface area contributed by atoms with Crippen LogP contribution in [0.2, 0.25) is 0 Å². The smallest absolute Gasteiger partial charge is 0.150 e. The maximum atomic E-state index is 10.8. The maximum absolute atomic E-state index is 10.8. The molecule has 1 aromatic carbocycles. The summed E-state index contributed by atoms with van der Waals surface area (Å²) in [6.07, 6.45) is 3.65. The maximum Gasteiger partial charge on any atom is 0.150 e. The van der Waals surface area contributed by atoms with E-state index in [4.69, 9.17) is 15.2 Å². The number of hydrogen-bond donors (Lipinski definition) is 1. The van der Waals surface area contributed by atoms with E-state index in [1.165, 1.54) is 0 Å². The van der Waals surface area contributed by atoms with Crippen molar-refractivity contribution < 1.29 is 14.3 Å². The lowest BCUT2D eigenvalue weighted by Gasteiger charge is -2.10. The first kappa shape index (κ1) is 14.5. The van der Waals surface area contributed by atoms with Gasteiger partial charge in [-0.1, -0.05) is 13.3 Å². The molecule has 0 aliphatic rings.